The molecule has 2 rings (SSSR count). The van der Waals surface area contributed by atoms with E-state index in [2.05, 4.69) is 5.32 Å². The zero-order valence-electron chi connectivity index (χ0n) is 11.5. The lowest BCUT2D eigenvalue weighted by molar-refractivity contribution is -0.160. The molecule has 2 fully saturated rings. The van der Waals surface area contributed by atoms with Gasteiger partial charge in [-0.2, -0.15) is 0 Å². The second-order valence-corrected chi connectivity index (χ2v) is 5.32. The average Bonchev–Trinajstić information content (AvgIpc) is 2.38. The predicted molar refractivity (Wildman–Crippen MR) is 70.3 cm³/mol. The number of carbonyl (C=O) groups excluding carboxylic acids is 2. The Morgan fingerprint density at radius 1 is 1.47 bits per heavy atom. The van der Waals surface area contributed by atoms with Crippen LogP contribution >= 0.6 is 0 Å². The Bertz CT molecular complexity index is 350. The maximum atomic E-state index is 12.7. The van der Waals surface area contributed by atoms with E-state index in [0.717, 1.165) is 19.3 Å². The molecule has 1 saturated heterocycles. The van der Waals surface area contributed by atoms with Crippen LogP contribution in [0.2, 0.25) is 0 Å². The van der Waals surface area contributed by atoms with E-state index in [1.165, 1.54) is 0 Å². The van der Waals surface area contributed by atoms with Gasteiger partial charge in [0.25, 0.3) is 0 Å². The summed E-state index contributed by atoms with van der Waals surface area (Å²) in [5.74, 6) is -0.108. The van der Waals surface area contributed by atoms with Gasteiger partial charge < -0.3 is 20.7 Å². The highest BCUT2D eigenvalue weighted by Crippen LogP contribution is 2.42. The first-order valence-electron chi connectivity index (χ1n) is 7.01. The van der Waals surface area contributed by atoms with E-state index in [1.807, 2.05) is 6.92 Å². The number of ether oxygens (including phenoxy) is 1. The van der Waals surface area contributed by atoms with E-state index < -0.39 is 11.5 Å². The molecule has 3 N–H and O–H groups in total. The summed E-state index contributed by atoms with van der Waals surface area (Å²) in [4.78, 5) is 26.3. The molecule has 6 nitrogen and oxygen atoms in total. The summed E-state index contributed by atoms with van der Waals surface area (Å²) in [6, 6.07) is -0.509. The molecular weight excluding hydrogens is 246 g/mol. The third-order valence-electron chi connectivity index (χ3n) is 4.20. The second-order valence-electron chi connectivity index (χ2n) is 5.32. The van der Waals surface area contributed by atoms with Crippen LogP contribution in [0.4, 0.5) is 0 Å². The minimum absolute atomic E-state index is 0.0285. The zero-order valence-corrected chi connectivity index (χ0v) is 11.5. The fraction of sp³-hybridized carbons (Fsp3) is 0.846. The highest BCUT2D eigenvalue weighted by molar-refractivity contribution is 5.91. The monoisotopic (exact) mass is 269 g/mol. The number of nitrogens with zero attached hydrogens (tertiary/aromatic N) is 1. The van der Waals surface area contributed by atoms with Crippen LogP contribution in [-0.4, -0.2) is 55.6 Å². The van der Waals surface area contributed by atoms with Gasteiger partial charge in [-0.25, -0.2) is 0 Å². The van der Waals surface area contributed by atoms with E-state index in [0.29, 0.717) is 26.2 Å². The number of nitrogens with one attached hydrogen (secondary N) is 1. The molecule has 0 aromatic carbocycles. The Morgan fingerprint density at radius 2 is 2.21 bits per heavy atom. The number of nitrogens with two attached hydrogens (primary N) is 1. The van der Waals surface area contributed by atoms with Gasteiger partial charge in [-0.05, 0) is 19.8 Å². The van der Waals surface area contributed by atoms with Gasteiger partial charge in [0.05, 0.1) is 18.6 Å². The molecule has 6 heteroatoms. The Labute approximate surface area is 113 Å². The van der Waals surface area contributed by atoms with Crippen molar-refractivity contribution in [2.75, 3.05) is 32.8 Å². The van der Waals surface area contributed by atoms with Crippen LogP contribution in [0.1, 0.15) is 26.2 Å². The molecule has 2 amide bonds. The van der Waals surface area contributed by atoms with Crippen LogP contribution in [0.15, 0.2) is 0 Å². The van der Waals surface area contributed by atoms with Crippen molar-refractivity contribution in [3.8, 4) is 0 Å². The molecule has 0 aromatic rings. The first kappa shape index (κ1) is 14.3. The molecule has 0 radical (unpaired) electrons. The molecule has 108 valence electrons. The smallest absolute Gasteiger partial charge is 0.245 e. The summed E-state index contributed by atoms with van der Waals surface area (Å²) < 4.78 is 5.34. The normalized spacial score (nSPS) is 25.6. The fourth-order valence-electron chi connectivity index (χ4n) is 2.77. The van der Waals surface area contributed by atoms with E-state index in [1.54, 1.807) is 4.90 Å². The van der Waals surface area contributed by atoms with Crippen molar-refractivity contribution in [1.82, 2.24) is 10.2 Å². The zero-order chi connectivity index (χ0) is 13.9. The minimum Gasteiger partial charge on any atom is -0.377 e. The van der Waals surface area contributed by atoms with Gasteiger partial charge in [-0.3, -0.25) is 9.59 Å². The highest BCUT2D eigenvalue weighted by Gasteiger charge is 2.48. The van der Waals surface area contributed by atoms with Gasteiger partial charge >= 0.3 is 0 Å². The van der Waals surface area contributed by atoms with Gasteiger partial charge in [-0.1, -0.05) is 6.42 Å². The van der Waals surface area contributed by atoms with Crippen molar-refractivity contribution in [2.45, 2.75) is 32.2 Å². The van der Waals surface area contributed by atoms with E-state index in [9.17, 15) is 9.59 Å². The Hall–Kier alpha value is -1.14. The summed E-state index contributed by atoms with van der Waals surface area (Å²) >= 11 is 0. The Morgan fingerprint density at radius 3 is 2.74 bits per heavy atom. The van der Waals surface area contributed by atoms with Crippen molar-refractivity contribution in [2.24, 2.45) is 11.1 Å². The van der Waals surface area contributed by atoms with Crippen LogP contribution in [0, 0.1) is 5.41 Å². The first-order valence-corrected chi connectivity index (χ1v) is 7.01. The maximum Gasteiger partial charge on any atom is 0.245 e. The largest absolute Gasteiger partial charge is 0.377 e. The van der Waals surface area contributed by atoms with Crippen molar-refractivity contribution in [1.29, 1.82) is 0 Å². The summed E-state index contributed by atoms with van der Waals surface area (Å²) in [7, 11) is 0. The van der Waals surface area contributed by atoms with Crippen molar-refractivity contribution in [3.05, 3.63) is 0 Å². The van der Waals surface area contributed by atoms with Gasteiger partial charge in [0, 0.05) is 19.6 Å². The van der Waals surface area contributed by atoms with Gasteiger partial charge in [0.2, 0.25) is 11.8 Å². The van der Waals surface area contributed by atoms with Crippen molar-refractivity contribution < 1.29 is 14.3 Å². The molecule has 0 bridgehead atoms. The lowest BCUT2D eigenvalue weighted by Gasteiger charge is -2.45. The molecule has 1 unspecified atom stereocenters. The summed E-state index contributed by atoms with van der Waals surface area (Å²) in [5, 5.41) is 2.76. The number of amides is 2. The third kappa shape index (κ3) is 2.60. The number of morpholine rings is 1. The third-order valence-corrected chi connectivity index (χ3v) is 4.20. The molecule has 1 heterocycles. The minimum atomic E-state index is -0.509. The standard InChI is InChI=1S/C13H23N3O3/c1-2-15-11(17)10-8-19-7-6-16(10)12(18)13(9-14)4-3-5-13/h10H,2-9,14H2,1H3,(H,15,17). The summed E-state index contributed by atoms with van der Waals surface area (Å²) in [6.07, 6.45) is 2.71. The topological polar surface area (TPSA) is 84.7 Å². The lowest BCUT2D eigenvalue weighted by Crippen LogP contribution is -2.61. The fourth-order valence-corrected chi connectivity index (χ4v) is 2.77. The van der Waals surface area contributed by atoms with Gasteiger partial charge in [-0.15, -0.1) is 0 Å². The maximum absolute atomic E-state index is 12.7. The van der Waals surface area contributed by atoms with Crippen LogP contribution in [0.5, 0.6) is 0 Å². The molecule has 1 aliphatic carbocycles. The number of carbonyl (C=O) groups is 2. The van der Waals surface area contributed by atoms with Crippen LogP contribution in [-0.2, 0) is 14.3 Å². The van der Waals surface area contributed by atoms with E-state index in [4.69, 9.17) is 10.5 Å². The van der Waals surface area contributed by atoms with Crippen LogP contribution in [0.25, 0.3) is 0 Å². The molecule has 0 spiro atoms. The van der Waals surface area contributed by atoms with Crippen molar-refractivity contribution in [3.63, 3.8) is 0 Å². The highest BCUT2D eigenvalue weighted by atomic mass is 16.5. The van der Waals surface area contributed by atoms with Gasteiger partial charge in [0.1, 0.15) is 6.04 Å². The average molecular weight is 269 g/mol. The molecule has 19 heavy (non-hydrogen) atoms. The number of likely N-dealkylation sites (N-methyl/N-ethyl adjacent to an activating group) is 1. The van der Waals surface area contributed by atoms with Crippen molar-refractivity contribution >= 4 is 11.8 Å². The second kappa shape index (κ2) is 5.88. The number of rotatable bonds is 4. The van der Waals surface area contributed by atoms with Gasteiger partial charge in [0.15, 0.2) is 0 Å². The first-order chi connectivity index (χ1) is 9.14. The quantitative estimate of drug-likeness (QED) is 0.719. The molecule has 1 saturated carbocycles. The lowest BCUT2D eigenvalue weighted by atomic mass is 9.67. The predicted octanol–water partition coefficient (Wildman–Crippen LogP) is -0.521. The molecule has 0 aromatic heterocycles. The number of hydrogen-bond donors (Lipinski definition) is 2. The van der Waals surface area contributed by atoms with E-state index >= 15 is 0 Å². The molecule has 1 atom stereocenters. The Kier molecular flexibility index (Phi) is 4.42. The molecule has 1 aliphatic heterocycles. The van der Waals surface area contributed by atoms with E-state index in [-0.39, 0.29) is 18.4 Å². The summed E-state index contributed by atoms with van der Waals surface area (Å²) in [5.41, 5.74) is 5.35. The number of hydrogen-bond acceptors (Lipinski definition) is 4. The molecule has 2 aliphatic rings. The SMILES string of the molecule is CCNC(=O)C1COCCN1C(=O)C1(CN)CCC1. The summed E-state index contributed by atoms with van der Waals surface area (Å²) in [6.45, 7) is 4.02. The van der Waals surface area contributed by atoms with Crippen LogP contribution < -0.4 is 11.1 Å². The Balaban J connectivity index is 2.10. The van der Waals surface area contributed by atoms with Crippen LogP contribution in [0.3, 0.4) is 0 Å². The molecular formula is C13H23N3O3.